The second kappa shape index (κ2) is 8.85. The molecule has 1 fully saturated rings. The highest BCUT2D eigenvalue weighted by Gasteiger charge is 2.22. The molecule has 1 saturated carbocycles. The number of rotatable bonds is 7. The van der Waals surface area contributed by atoms with Crippen LogP contribution >= 0.6 is 11.8 Å². The van der Waals surface area contributed by atoms with Crippen molar-refractivity contribution < 1.29 is 4.79 Å². The van der Waals surface area contributed by atoms with E-state index in [1.165, 1.54) is 49.4 Å². The maximum atomic E-state index is 12.6. The zero-order valence-corrected chi connectivity index (χ0v) is 16.9. The van der Waals surface area contributed by atoms with Crippen LogP contribution in [-0.2, 0) is 0 Å². The van der Waals surface area contributed by atoms with Gasteiger partial charge in [-0.3, -0.25) is 4.79 Å². The van der Waals surface area contributed by atoms with E-state index in [0.29, 0.717) is 17.7 Å². The maximum absolute atomic E-state index is 12.6. The summed E-state index contributed by atoms with van der Waals surface area (Å²) in [6, 6.07) is 8.58. The van der Waals surface area contributed by atoms with Gasteiger partial charge in [0.15, 0.2) is 10.9 Å². The summed E-state index contributed by atoms with van der Waals surface area (Å²) < 4.78 is 2.25. The molecular formula is C21H29N3OS. The average Bonchev–Trinajstić information content (AvgIpc) is 3.06. The summed E-state index contributed by atoms with van der Waals surface area (Å²) in [6.07, 6.45) is 7.36. The van der Waals surface area contributed by atoms with Gasteiger partial charge in [0.25, 0.3) is 0 Å². The number of Topliss-reactive ketones (excluding diaryl/α,β-unsaturated/α-hetero) is 1. The van der Waals surface area contributed by atoms with Gasteiger partial charge in [0.05, 0.1) is 5.75 Å². The summed E-state index contributed by atoms with van der Waals surface area (Å²) >= 11 is 1.52. The Morgan fingerprint density at radius 2 is 1.88 bits per heavy atom. The van der Waals surface area contributed by atoms with Gasteiger partial charge in [0.1, 0.15) is 5.82 Å². The maximum Gasteiger partial charge on any atom is 0.191 e. The Morgan fingerprint density at radius 1 is 1.19 bits per heavy atom. The smallest absolute Gasteiger partial charge is 0.191 e. The third kappa shape index (κ3) is 4.37. The third-order valence-electron chi connectivity index (χ3n) is 5.52. The van der Waals surface area contributed by atoms with Gasteiger partial charge in [0.2, 0.25) is 0 Å². The van der Waals surface area contributed by atoms with E-state index in [1.54, 1.807) is 0 Å². The van der Waals surface area contributed by atoms with Crippen LogP contribution in [0.3, 0.4) is 0 Å². The summed E-state index contributed by atoms with van der Waals surface area (Å²) in [7, 11) is 0. The molecule has 0 saturated heterocycles. The van der Waals surface area contributed by atoms with Gasteiger partial charge in [-0.15, -0.1) is 10.2 Å². The number of hydrogen-bond acceptors (Lipinski definition) is 4. The predicted octanol–water partition coefficient (Wildman–Crippen LogP) is 5.58. The van der Waals surface area contributed by atoms with E-state index in [1.807, 2.05) is 19.1 Å². The van der Waals surface area contributed by atoms with Crippen LogP contribution < -0.4 is 0 Å². The summed E-state index contributed by atoms with van der Waals surface area (Å²) in [5.74, 6) is 2.06. The quantitative estimate of drug-likeness (QED) is 0.471. The highest BCUT2D eigenvalue weighted by molar-refractivity contribution is 7.99. The fourth-order valence-electron chi connectivity index (χ4n) is 3.65. The van der Waals surface area contributed by atoms with Crippen molar-refractivity contribution in [3.05, 3.63) is 41.2 Å². The van der Waals surface area contributed by atoms with E-state index < -0.39 is 0 Å². The molecule has 0 bridgehead atoms. The lowest BCUT2D eigenvalue weighted by Gasteiger charge is -2.24. The Labute approximate surface area is 160 Å². The molecule has 3 rings (SSSR count). The molecule has 1 aromatic carbocycles. The van der Waals surface area contributed by atoms with E-state index >= 15 is 0 Å². The van der Waals surface area contributed by atoms with Gasteiger partial charge in [-0.2, -0.15) is 0 Å². The van der Waals surface area contributed by atoms with Crippen molar-refractivity contribution in [3.8, 4) is 0 Å². The molecule has 1 atom stereocenters. The number of nitrogens with zero attached hydrogens (tertiary/aromatic N) is 3. The highest BCUT2D eigenvalue weighted by atomic mass is 32.2. The van der Waals surface area contributed by atoms with Gasteiger partial charge in [-0.1, -0.05) is 69.1 Å². The lowest BCUT2D eigenvalue weighted by atomic mass is 9.95. The molecule has 1 aliphatic carbocycles. The van der Waals surface area contributed by atoms with Crippen molar-refractivity contribution in [3.63, 3.8) is 0 Å². The van der Waals surface area contributed by atoms with Crippen molar-refractivity contribution in [1.29, 1.82) is 0 Å². The standard InChI is InChI=1S/C21H29N3OS/c1-4-15(2)17-10-12-18(13-11-17)20(25)14-26-21-23-22-16(3)24(21)19-8-6-5-7-9-19/h10-13,15,19H,4-9,14H2,1-3H3. The van der Waals surface area contributed by atoms with E-state index in [0.717, 1.165) is 23.0 Å². The van der Waals surface area contributed by atoms with Gasteiger partial charge in [-0.25, -0.2) is 0 Å². The number of carbonyl (C=O) groups excluding carboxylic acids is 1. The molecule has 1 heterocycles. The second-order valence-electron chi connectivity index (χ2n) is 7.33. The first kappa shape index (κ1) is 19.2. The highest BCUT2D eigenvalue weighted by Crippen LogP contribution is 2.32. The van der Waals surface area contributed by atoms with Crippen molar-refractivity contribution in [1.82, 2.24) is 14.8 Å². The molecule has 0 aliphatic heterocycles. The fraction of sp³-hybridized carbons (Fsp3) is 0.571. The first-order valence-corrected chi connectivity index (χ1v) is 10.8. The lowest BCUT2D eigenvalue weighted by Crippen LogP contribution is -2.15. The van der Waals surface area contributed by atoms with E-state index in [-0.39, 0.29) is 5.78 Å². The molecule has 26 heavy (non-hydrogen) atoms. The van der Waals surface area contributed by atoms with Crippen molar-refractivity contribution in [2.45, 2.75) is 76.4 Å². The number of aryl methyl sites for hydroxylation is 1. The minimum Gasteiger partial charge on any atom is -0.303 e. The minimum atomic E-state index is 0.154. The SMILES string of the molecule is CCC(C)c1ccc(C(=O)CSc2nnc(C)n2C2CCCCC2)cc1. The number of hydrogen-bond donors (Lipinski definition) is 0. The summed E-state index contributed by atoms with van der Waals surface area (Å²) in [4.78, 5) is 12.6. The van der Waals surface area contributed by atoms with Gasteiger partial charge >= 0.3 is 0 Å². The van der Waals surface area contributed by atoms with E-state index in [9.17, 15) is 4.79 Å². The number of benzene rings is 1. The lowest BCUT2D eigenvalue weighted by molar-refractivity contribution is 0.102. The van der Waals surface area contributed by atoms with Gasteiger partial charge in [-0.05, 0) is 37.7 Å². The van der Waals surface area contributed by atoms with Crippen LogP contribution in [0.2, 0.25) is 0 Å². The number of carbonyl (C=O) groups is 1. The summed E-state index contributed by atoms with van der Waals surface area (Å²) in [6.45, 7) is 6.42. The van der Waals surface area contributed by atoms with Crippen molar-refractivity contribution in [2.24, 2.45) is 0 Å². The van der Waals surface area contributed by atoms with Crippen LogP contribution in [0.1, 0.15) is 86.1 Å². The van der Waals surface area contributed by atoms with Crippen molar-refractivity contribution in [2.75, 3.05) is 5.75 Å². The van der Waals surface area contributed by atoms with Crippen molar-refractivity contribution >= 4 is 17.5 Å². The molecule has 1 aromatic heterocycles. The summed E-state index contributed by atoms with van der Waals surface area (Å²) in [5.41, 5.74) is 2.08. The molecule has 1 aliphatic rings. The number of aromatic nitrogens is 3. The zero-order chi connectivity index (χ0) is 18.5. The average molecular weight is 372 g/mol. The van der Waals surface area contributed by atoms with Crippen LogP contribution in [0, 0.1) is 6.92 Å². The Hall–Kier alpha value is -1.62. The normalized spacial score (nSPS) is 16.6. The topological polar surface area (TPSA) is 47.8 Å². The van der Waals surface area contributed by atoms with Gasteiger partial charge < -0.3 is 4.57 Å². The largest absolute Gasteiger partial charge is 0.303 e. The first-order valence-electron chi connectivity index (χ1n) is 9.77. The molecule has 5 heteroatoms. The molecule has 0 amide bonds. The molecule has 0 spiro atoms. The fourth-order valence-corrected chi connectivity index (χ4v) is 4.60. The van der Waals surface area contributed by atoms with E-state index in [2.05, 4.69) is 40.7 Å². The van der Waals surface area contributed by atoms with Crippen LogP contribution in [0.15, 0.2) is 29.4 Å². The van der Waals surface area contributed by atoms with Crippen LogP contribution in [-0.4, -0.2) is 26.3 Å². The number of thioether (sulfide) groups is 1. The van der Waals surface area contributed by atoms with Crippen LogP contribution in [0.5, 0.6) is 0 Å². The molecule has 140 valence electrons. The number of ketones is 1. The molecule has 0 N–H and O–H groups in total. The molecule has 2 aromatic rings. The molecular weight excluding hydrogens is 342 g/mol. The molecule has 1 unspecified atom stereocenters. The summed E-state index contributed by atoms with van der Waals surface area (Å²) in [5, 5.41) is 9.48. The molecule has 4 nitrogen and oxygen atoms in total. The van der Waals surface area contributed by atoms with Crippen LogP contribution in [0.4, 0.5) is 0 Å². The predicted molar refractivity (Wildman–Crippen MR) is 107 cm³/mol. The monoisotopic (exact) mass is 371 g/mol. The van der Waals surface area contributed by atoms with Crippen LogP contribution in [0.25, 0.3) is 0 Å². The molecule has 0 radical (unpaired) electrons. The Kier molecular flexibility index (Phi) is 6.52. The van der Waals surface area contributed by atoms with E-state index in [4.69, 9.17) is 0 Å². The third-order valence-corrected chi connectivity index (χ3v) is 6.46. The Bertz CT molecular complexity index is 732. The Balaban J connectivity index is 1.64. The second-order valence-corrected chi connectivity index (χ2v) is 8.28. The first-order chi connectivity index (χ1) is 12.6. The van der Waals surface area contributed by atoms with Gasteiger partial charge in [0, 0.05) is 11.6 Å². The Morgan fingerprint density at radius 3 is 2.54 bits per heavy atom. The minimum absolute atomic E-state index is 0.154. The zero-order valence-electron chi connectivity index (χ0n) is 16.1.